The van der Waals surface area contributed by atoms with Crippen molar-refractivity contribution in [3.05, 3.63) is 249 Å². The molecule has 0 atom stereocenters. The second-order valence-electron chi connectivity index (χ2n) is 19.8. The summed E-state index contributed by atoms with van der Waals surface area (Å²) in [4.78, 5) is 14.1. The van der Waals surface area contributed by atoms with Crippen LogP contribution in [-0.2, 0) is 0 Å². The number of benzene rings is 9. The van der Waals surface area contributed by atoms with E-state index in [1.165, 1.54) is 0 Å². The number of hydrogen-bond donors (Lipinski definition) is 0. The van der Waals surface area contributed by atoms with Crippen LogP contribution in [-0.4, -0.2) is 24.1 Å². The lowest BCUT2D eigenvalue weighted by atomic mass is 9.76. The highest BCUT2D eigenvalue weighted by molar-refractivity contribution is 6.25. The molecule has 8 nitrogen and oxygen atoms in total. The average Bonchev–Trinajstić information content (AvgIpc) is 4.44. The van der Waals surface area contributed by atoms with Gasteiger partial charge in [0.05, 0.1) is 38.4 Å². The fourth-order valence-corrected chi connectivity index (χ4v) is 12.4. The van der Waals surface area contributed by atoms with E-state index < -0.39 is 0 Å². The number of hydrogen-bond acceptors (Lipinski definition) is 6. The fourth-order valence-electron chi connectivity index (χ4n) is 12.4. The maximum atomic E-state index is 12.0. The van der Waals surface area contributed by atoms with Crippen molar-refractivity contribution in [2.24, 2.45) is 0 Å². The number of rotatable bonds is 7. The maximum Gasteiger partial charge on any atom is 0.145 e. The van der Waals surface area contributed by atoms with Crippen molar-refractivity contribution in [2.45, 2.75) is 0 Å². The van der Waals surface area contributed by atoms with Gasteiger partial charge in [0.25, 0.3) is 0 Å². The Hall–Kier alpha value is -10.9. The van der Waals surface area contributed by atoms with Crippen LogP contribution in [0.3, 0.4) is 0 Å². The van der Waals surface area contributed by atoms with Crippen LogP contribution >= 0.6 is 0 Å². The SMILES string of the molecule is N#Cc1c(-c2ccc(-n3c4ccccc4c4c5oc6ccccc6c5ccc43)cc2)c(-c2cccnc2)c(-c2cccnc2)c(-c2cccnc2)c1-c1ccc(-n2c3ccccc3c3c4oc5ccccc5c4ccc32)cc1. The Morgan fingerprint density at radius 3 is 1.10 bits per heavy atom. The molecular weight excluding hydrogens is 957 g/mol. The minimum Gasteiger partial charge on any atom is -0.455 e. The van der Waals surface area contributed by atoms with Crippen LogP contribution in [0.4, 0.5) is 0 Å². The van der Waals surface area contributed by atoms with Gasteiger partial charge >= 0.3 is 0 Å². The molecule has 9 aromatic carbocycles. The van der Waals surface area contributed by atoms with Gasteiger partial charge in [-0.05, 0) is 102 Å². The smallest absolute Gasteiger partial charge is 0.145 e. The molecule has 0 spiro atoms. The van der Waals surface area contributed by atoms with Crippen LogP contribution in [0.25, 0.3) is 154 Å². The molecule has 0 aliphatic rings. The summed E-state index contributed by atoms with van der Waals surface area (Å²) < 4.78 is 17.9. The normalized spacial score (nSPS) is 11.8. The van der Waals surface area contributed by atoms with Gasteiger partial charge in [-0.1, -0.05) is 115 Å². The molecule has 0 bridgehead atoms. The van der Waals surface area contributed by atoms with Crippen molar-refractivity contribution >= 4 is 87.5 Å². The van der Waals surface area contributed by atoms with Gasteiger partial charge in [-0.2, -0.15) is 5.26 Å². The first-order valence-corrected chi connectivity index (χ1v) is 25.9. The molecule has 7 heterocycles. The second kappa shape index (κ2) is 17.1. The predicted octanol–water partition coefficient (Wildman–Crippen LogP) is 18.1. The number of aromatic nitrogens is 5. The van der Waals surface area contributed by atoms with Crippen LogP contribution in [0.5, 0.6) is 0 Å². The summed E-state index contributed by atoms with van der Waals surface area (Å²) in [5, 5.41) is 20.7. The van der Waals surface area contributed by atoms with Gasteiger partial charge in [0.2, 0.25) is 0 Å². The molecule has 8 heteroatoms. The number of nitrogens with zero attached hydrogens (tertiary/aromatic N) is 6. The fraction of sp³-hybridized carbons (Fsp3) is 0. The van der Waals surface area contributed by atoms with E-state index >= 15 is 0 Å². The summed E-state index contributed by atoms with van der Waals surface area (Å²) in [5.74, 6) is 0. The van der Waals surface area contributed by atoms with Gasteiger partial charge in [0, 0.05) is 125 Å². The summed E-state index contributed by atoms with van der Waals surface area (Å²) in [6.45, 7) is 0. The van der Waals surface area contributed by atoms with Crippen molar-refractivity contribution in [1.82, 2.24) is 24.1 Å². The number of fused-ring (bicyclic) bond motifs is 14. The van der Waals surface area contributed by atoms with Crippen molar-refractivity contribution in [2.75, 3.05) is 0 Å². The number of nitriles is 1. The molecule has 78 heavy (non-hydrogen) atoms. The standard InChI is InChI=1S/C70H40N6O2/c71-38-55-62(42-23-27-47(28-24-42)75-56-19-5-1-17-53(56)67-58(75)33-31-51-49-15-3-7-21-60(49)77-69(51)67)64(44-12-9-35-72-39-44)66(46-14-11-37-74-41-46)65(45-13-10-36-73-40-45)63(55)43-25-29-48(30-26-43)76-57-20-6-2-18-54(57)68-59(76)34-32-52-50-16-4-8-22-61(50)78-70(52)68/h1-37,39-41H. The van der Waals surface area contributed by atoms with Crippen LogP contribution in [0.2, 0.25) is 0 Å². The van der Waals surface area contributed by atoms with Crippen LogP contribution in [0, 0.1) is 11.3 Å². The molecule has 16 aromatic rings. The maximum absolute atomic E-state index is 12.0. The van der Waals surface area contributed by atoms with Crippen molar-refractivity contribution in [1.29, 1.82) is 5.26 Å². The zero-order valence-electron chi connectivity index (χ0n) is 41.6. The third-order valence-electron chi connectivity index (χ3n) is 15.7. The molecule has 0 aliphatic heterocycles. The molecular formula is C70H40N6O2. The number of pyridine rings is 3. The second-order valence-corrected chi connectivity index (χ2v) is 19.8. The average molecular weight is 997 g/mol. The zero-order valence-corrected chi connectivity index (χ0v) is 41.6. The minimum atomic E-state index is 0.522. The van der Waals surface area contributed by atoms with Gasteiger partial charge in [0.15, 0.2) is 0 Å². The Morgan fingerprint density at radius 2 is 0.705 bits per heavy atom. The third-order valence-corrected chi connectivity index (χ3v) is 15.7. The van der Waals surface area contributed by atoms with Crippen LogP contribution < -0.4 is 0 Å². The van der Waals surface area contributed by atoms with Crippen molar-refractivity contribution in [3.8, 4) is 73.1 Å². The Balaban J connectivity index is 0.944. The molecule has 0 saturated carbocycles. The van der Waals surface area contributed by atoms with E-state index in [2.05, 4.69) is 189 Å². The van der Waals surface area contributed by atoms with E-state index in [1.54, 1.807) is 18.6 Å². The van der Waals surface area contributed by atoms with E-state index in [1.807, 2.05) is 61.1 Å². The lowest BCUT2D eigenvalue weighted by Crippen LogP contribution is -2.03. The molecule has 0 amide bonds. The lowest BCUT2D eigenvalue weighted by Gasteiger charge is -2.26. The molecule has 7 aromatic heterocycles. The zero-order chi connectivity index (χ0) is 51.4. The third kappa shape index (κ3) is 6.36. The summed E-state index contributed by atoms with van der Waals surface area (Å²) in [5.41, 5.74) is 18.7. The molecule has 0 fully saturated rings. The highest BCUT2D eigenvalue weighted by Crippen LogP contribution is 2.53. The topological polar surface area (TPSA) is 98.6 Å². The van der Waals surface area contributed by atoms with Gasteiger partial charge in [0.1, 0.15) is 28.4 Å². The van der Waals surface area contributed by atoms with Gasteiger partial charge in [-0.25, -0.2) is 0 Å². The molecule has 16 rings (SSSR count). The number of para-hydroxylation sites is 4. The van der Waals surface area contributed by atoms with Crippen molar-refractivity contribution < 1.29 is 8.83 Å². The Labute approximate surface area is 445 Å². The van der Waals surface area contributed by atoms with E-state index in [0.717, 1.165) is 154 Å². The lowest BCUT2D eigenvalue weighted by molar-refractivity contribution is 0.672. The summed E-state index contributed by atoms with van der Waals surface area (Å²) in [6, 6.07) is 74.4. The van der Waals surface area contributed by atoms with Crippen LogP contribution in [0.15, 0.2) is 252 Å². The Morgan fingerprint density at radius 1 is 0.321 bits per heavy atom. The van der Waals surface area contributed by atoms with E-state index in [0.29, 0.717) is 5.56 Å². The minimum absolute atomic E-state index is 0.522. The Bertz CT molecular complexity index is 4830. The molecule has 0 radical (unpaired) electrons. The summed E-state index contributed by atoms with van der Waals surface area (Å²) >= 11 is 0. The molecule has 0 aliphatic carbocycles. The van der Waals surface area contributed by atoms with Gasteiger partial charge < -0.3 is 18.0 Å². The first-order chi connectivity index (χ1) is 38.7. The van der Waals surface area contributed by atoms with Crippen LogP contribution in [0.1, 0.15) is 5.56 Å². The summed E-state index contributed by atoms with van der Waals surface area (Å²) in [6.07, 6.45) is 11.0. The molecule has 362 valence electrons. The largest absolute Gasteiger partial charge is 0.455 e. The van der Waals surface area contributed by atoms with Crippen molar-refractivity contribution in [3.63, 3.8) is 0 Å². The first kappa shape index (κ1) is 43.5. The molecule has 0 unspecified atom stereocenters. The van der Waals surface area contributed by atoms with Gasteiger partial charge in [-0.3, -0.25) is 15.0 Å². The highest BCUT2D eigenvalue weighted by atomic mass is 16.3. The molecule has 0 saturated heterocycles. The van der Waals surface area contributed by atoms with E-state index in [4.69, 9.17) is 13.8 Å². The monoisotopic (exact) mass is 996 g/mol. The molecule has 0 N–H and O–H groups in total. The summed E-state index contributed by atoms with van der Waals surface area (Å²) in [7, 11) is 0. The number of furan rings is 2. The first-order valence-electron chi connectivity index (χ1n) is 25.9. The van der Waals surface area contributed by atoms with E-state index in [9.17, 15) is 5.26 Å². The Kier molecular flexibility index (Phi) is 9.53. The quantitative estimate of drug-likeness (QED) is 0.158. The van der Waals surface area contributed by atoms with Gasteiger partial charge in [-0.15, -0.1) is 0 Å². The predicted molar refractivity (Wildman–Crippen MR) is 315 cm³/mol. The van der Waals surface area contributed by atoms with E-state index in [-0.39, 0.29) is 0 Å². The highest BCUT2D eigenvalue weighted by Gasteiger charge is 2.30.